The Balaban J connectivity index is 1.93. The normalized spacial score (nSPS) is 17.7. The monoisotopic (exact) mass is 338 g/mol. The first-order chi connectivity index (χ1) is 10.8. The molecule has 0 aromatic heterocycles. The second-order valence-electron chi connectivity index (χ2n) is 6.40. The first-order valence-corrected chi connectivity index (χ1v) is 10.1. The topological polar surface area (TPSA) is 57.7 Å². The molecule has 128 valence electrons. The Morgan fingerprint density at radius 1 is 1.35 bits per heavy atom. The Morgan fingerprint density at radius 3 is 2.74 bits per heavy atom. The smallest absolute Gasteiger partial charge is 0.224 e. The third-order valence-corrected chi connectivity index (χ3v) is 5.38. The number of sulfone groups is 1. The quantitative estimate of drug-likeness (QED) is 0.792. The Morgan fingerprint density at radius 2 is 2.04 bits per heavy atom. The van der Waals surface area contributed by atoms with Crippen LogP contribution < -0.4 is 4.90 Å². The summed E-state index contributed by atoms with van der Waals surface area (Å²) in [4.78, 5) is 16.0. The van der Waals surface area contributed by atoms with Gasteiger partial charge >= 0.3 is 0 Å². The maximum absolute atomic E-state index is 12.2. The van der Waals surface area contributed by atoms with Crippen molar-refractivity contribution in [2.75, 3.05) is 37.0 Å². The summed E-state index contributed by atoms with van der Waals surface area (Å²) < 4.78 is 22.4. The summed E-state index contributed by atoms with van der Waals surface area (Å²) in [6.07, 6.45) is 3.77. The van der Waals surface area contributed by atoms with E-state index in [4.69, 9.17) is 0 Å². The van der Waals surface area contributed by atoms with E-state index in [2.05, 4.69) is 30.0 Å². The van der Waals surface area contributed by atoms with Crippen molar-refractivity contribution >= 4 is 21.4 Å². The van der Waals surface area contributed by atoms with Crippen LogP contribution in [-0.4, -0.2) is 57.4 Å². The molecule has 1 heterocycles. The highest BCUT2D eigenvalue weighted by Crippen LogP contribution is 2.30. The van der Waals surface area contributed by atoms with Crippen LogP contribution in [0.2, 0.25) is 0 Å². The van der Waals surface area contributed by atoms with Gasteiger partial charge in [0.2, 0.25) is 5.91 Å². The summed E-state index contributed by atoms with van der Waals surface area (Å²) in [5.41, 5.74) is 2.56. The first-order valence-electron chi connectivity index (χ1n) is 8.04. The van der Waals surface area contributed by atoms with Gasteiger partial charge in [0, 0.05) is 44.5 Å². The van der Waals surface area contributed by atoms with Crippen molar-refractivity contribution in [2.45, 2.75) is 32.2 Å². The number of carbonyl (C=O) groups is 1. The lowest BCUT2D eigenvalue weighted by atomic mass is 9.96. The molecule has 0 N–H and O–H groups in total. The second-order valence-corrected chi connectivity index (χ2v) is 8.66. The molecule has 1 aliphatic rings. The van der Waals surface area contributed by atoms with E-state index in [0.29, 0.717) is 19.0 Å². The van der Waals surface area contributed by atoms with E-state index in [0.717, 1.165) is 12.8 Å². The zero-order valence-electron chi connectivity index (χ0n) is 14.2. The number of amides is 1. The van der Waals surface area contributed by atoms with Crippen molar-refractivity contribution in [3.63, 3.8) is 0 Å². The molecule has 0 bridgehead atoms. The molecule has 6 heteroatoms. The van der Waals surface area contributed by atoms with Crippen LogP contribution in [0.15, 0.2) is 24.3 Å². The van der Waals surface area contributed by atoms with Crippen molar-refractivity contribution in [1.82, 2.24) is 4.90 Å². The predicted molar refractivity (Wildman–Crippen MR) is 93.5 cm³/mol. The van der Waals surface area contributed by atoms with Crippen molar-refractivity contribution in [3.8, 4) is 0 Å². The van der Waals surface area contributed by atoms with Crippen LogP contribution in [0.4, 0.5) is 5.69 Å². The molecule has 5 nitrogen and oxygen atoms in total. The van der Waals surface area contributed by atoms with Crippen LogP contribution in [0.1, 0.15) is 25.3 Å². The number of para-hydroxylation sites is 1. The Hall–Kier alpha value is -1.56. The molecule has 1 atom stereocenters. The molecule has 1 amide bonds. The number of rotatable bonds is 6. The highest BCUT2D eigenvalue weighted by atomic mass is 32.2. The number of carbonyl (C=O) groups excluding carboxylic acids is 1. The largest absolute Gasteiger partial charge is 0.368 e. The van der Waals surface area contributed by atoms with E-state index in [1.165, 1.54) is 22.4 Å². The van der Waals surface area contributed by atoms with E-state index < -0.39 is 9.84 Å². The summed E-state index contributed by atoms with van der Waals surface area (Å²) >= 11 is 0. The molecule has 0 spiro atoms. The zero-order valence-corrected chi connectivity index (χ0v) is 15.0. The predicted octanol–water partition coefficient (Wildman–Crippen LogP) is 1.72. The lowest BCUT2D eigenvalue weighted by Crippen LogP contribution is -2.40. The molecular formula is C17H26N2O3S. The number of anilines is 1. The van der Waals surface area contributed by atoms with Gasteiger partial charge in [-0.05, 0) is 31.4 Å². The lowest BCUT2D eigenvalue weighted by molar-refractivity contribution is -0.129. The number of hydrogen-bond donors (Lipinski definition) is 0. The number of benzene rings is 1. The van der Waals surface area contributed by atoms with Crippen LogP contribution in [0.3, 0.4) is 0 Å². The van der Waals surface area contributed by atoms with E-state index in [1.54, 1.807) is 7.05 Å². The summed E-state index contributed by atoms with van der Waals surface area (Å²) in [5, 5.41) is 0. The van der Waals surface area contributed by atoms with E-state index in [-0.39, 0.29) is 18.2 Å². The zero-order chi connectivity index (χ0) is 17.0. The molecule has 0 saturated heterocycles. The highest BCUT2D eigenvalue weighted by molar-refractivity contribution is 7.90. The maximum atomic E-state index is 12.2. The molecule has 0 aliphatic carbocycles. The van der Waals surface area contributed by atoms with E-state index in [9.17, 15) is 13.2 Å². The SMILES string of the molecule is C[C@@H]1CCc2ccccc2N1CCC(=O)N(C)CCS(C)(=O)=O. The van der Waals surface area contributed by atoms with Gasteiger partial charge in [0.1, 0.15) is 9.84 Å². The average molecular weight is 338 g/mol. The van der Waals surface area contributed by atoms with Gasteiger partial charge in [-0.1, -0.05) is 18.2 Å². The van der Waals surface area contributed by atoms with Gasteiger partial charge in [-0.2, -0.15) is 0 Å². The van der Waals surface area contributed by atoms with Crippen molar-refractivity contribution in [1.29, 1.82) is 0 Å². The van der Waals surface area contributed by atoms with E-state index in [1.807, 2.05) is 6.07 Å². The van der Waals surface area contributed by atoms with Crippen molar-refractivity contribution in [2.24, 2.45) is 0 Å². The fourth-order valence-corrected chi connectivity index (χ4v) is 3.54. The molecule has 23 heavy (non-hydrogen) atoms. The van der Waals surface area contributed by atoms with Gasteiger partial charge in [0.05, 0.1) is 5.75 Å². The van der Waals surface area contributed by atoms with Crippen molar-refractivity contribution in [3.05, 3.63) is 29.8 Å². The van der Waals surface area contributed by atoms with Gasteiger partial charge < -0.3 is 9.80 Å². The van der Waals surface area contributed by atoms with Crippen LogP contribution in [0.25, 0.3) is 0 Å². The average Bonchev–Trinajstić information content (AvgIpc) is 2.50. The third-order valence-electron chi connectivity index (χ3n) is 4.45. The van der Waals surface area contributed by atoms with Crippen LogP contribution in [0, 0.1) is 0 Å². The Labute approximate surface area is 139 Å². The fourth-order valence-electron chi connectivity index (χ4n) is 2.94. The number of fused-ring (bicyclic) bond motifs is 1. The molecule has 1 aliphatic heterocycles. The fraction of sp³-hybridized carbons (Fsp3) is 0.588. The molecular weight excluding hydrogens is 312 g/mol. The van der Waals surface area contributed by atoms with Gasteiger partial charge in [-0.25, -0.2) is 8.42 Å². The first kappa shape index (κ1) is 17.8. The Bertz CT molecular complexity index is 658. The minimum absolute atomic E-state index is 0.0103. The third kappa shape index (κ3) is 4.96. The summed E-state index contributed by atoms with van der Waals surface area (Å²) in [6.45, 7) is 3.11. The number of nitrogens with zero attached hydrogens (tertiary/aromatic N) is 2. The summed E-state index contributed by atoms with van der Waals surface area (Å²) in [6, 6.07) is 8.76. The van der Waals surface area contributed by atoms with Crippen LogP contribution >= 0.6 is 0 Å². The molecule has 2 rings (SSSR count). The standard InChI is InChI=1S/C17H26N2O3S/c1-14-8-9-15-6-4-5-7-16(15)19(14)11-10-17(20)18(2)12-13-23(3,21)22/h4-7,14H,8-13H2,1-3H3/t14-/m1/s1. The van der Waals surface area contributed by atoms with Crippen molar-refractivity contribution < 1.29 is 13.2 Å². The van der Waals surface area contributed by atoms with Gasteiger partial charge in [0.25, 0.3) is 0 Å². The molecule has 0 saturated carbocycles. The summed E-state index contributed by atoms with van der Waals surface area (Å²) in [7, 11) is -1.37. The highest BCUT2D eigenvalue weighted by Gasteiger charge is 2.23. The number of hydrogen-bond acceptors (Lipinski definition) is 4. The minimum atomic E-state index is -3.04. The molecule has 1 aromatic carbocycles. The molecule has 0 radical (unpaired) electrons. The van der Waals surface area contributed by atoms with Crippen LogP contribution in [-0.2, 0) is 21.1 Å². The lowest BCUT2D eigenvalue weighted by Gasteiger charge is -2.37. The molecule has 0 unspecified atom stereocenters. The van der Waals surface area contributed by atoms with Crippen LogP contribution in [0.5, 0.6) is 0 Å². The molecule has 1 aromatic rings. The second kappa shape index (κ2) is 7.34. The van der Waals surface area contributed by atoms with Gasteiger partial charge in [-0.15, -0.1) is 0 Å². The van der Waals surface area contributed by atoms with E-state index >= 15 is 0 Å². The minimum Gasteiger partial charge on any atom is -0.368 e. The Kier molecular flexibility index (Phi) is 5.68. The summed E-state index contributed by atoms with van der Waals surface area (Å²) in [5.74, 6) is 0.00182. The molecule has 0 fully saturated rings. The van der Waals surface area contributed by atoms with Gasteiger partial charge in [0.15, 0.2) is 0 Å². The van der Waals surface area contributed by atoms with Gasteiger partial charge in [-0.3, -0.25) is 4.79 Å². The number of aryl methyl sites for hydroxylation is 1. The maximum Gasteiger partial charge on any atom is 0.224 e.